The molecule has 0 bridgehead atoms. The molecule has 0 saturated carbocycles. The van der Waals surface area contributed by atoms with Gasteiger partial charge in [-0.25, -0.2) is 0 Å². The van der Waals surface area contributed by atoms with Gasteiger partial charge in [-0.05, 0) is 55.5 Å². The molecule has 1 aliphatic rings. The molecule has 2 heterocycles. The zero-order valence-electron chi connectivity index (χ0n) is 19.0. The molecule has 1 fully saturated rings. The number of ether oxygens (including phenoxy) is 2. The van der Waals surface area contributed by atoms with Gasteiger partial charge >= 0.3 is 0 Å². The number of carbonyl (C=O) groups is 2. The summed E-state index contributed by atoms with van der Waals surface area (Å²) in [6, 6.07) is 21.2. The number of nitrogens with zero attached hydrogens (tertiary/aromatic N) is 1. The molecule has 1 aliphatic heterocycles. The number of hydrogen-bond donors (Lipinski definition) is 1. The number of thiophene rings is 1. The average Bonchev–Trinajstić information content (AvgIpc) is 3.19. The second-order valence-corrected chi connectivity index (χ2v) is 9.24. The minimum atomic E-state index is -0.136. The summed E-state index contributed by atoms with van der Waals surface area (Å²) in [5, 5.41) is 10.7. The fourth-order valence-corrected chi connectivity index (χ4v) is 5.00. The fourth-order valence-electron chi connectivity index (χ4n) is 3.87. The van der Waals surface area contributed by atoms with Crippen LogP contribution in [0, 0.1) is 0 Å². The third-order valence-electron chi connectivity index (χ3n) is 5.69. The van der Waals surface area contributed by atoms with Crippen molar-refractivity contribution in [3.05, 3.63) is 95.4 Å². The Morgan fingerprint density at radius 3 is 2.43 bits per heavy atom. The van der Waals surface area contributed by atoms with Crippen LogP contribution in [0.3, 0.4) is 0 Å². The molecule has 0 spiro atoms. The number of phenols is 1. The highest BCUT2D eigenvalue weighted by molar-refractivity contribution is 7.21. The van der Waals surface area contributed by atoms with Gasteiger partial charge < -0.3 is 19.5 Å². The largest absolute Gasteiger partial charge is 0.508 e. The van der Waals surface area contributed by atoms with E-state index in [0.717, 1.165) is 10.1 Å². The number of likely N-dealkylation sites (tertiary alicyclic amines) is 1. The van der Waals surface area contributed by atoms with Crippen molar-refractivity contribution in [3.8, 4) is 23.0 Å². The first-order chi connectivity index (χ1) is 17.0. The lowest BCUT2D eigenvalue weighted by Crippen LogP contribution is -2.55. The smallest absolute Gasteiger partial charge is 0.246 e. The van der Waals surface area contributed by atoms with Gasteiger partial charge in [-0.1, -0.05) is 36.4 Å². The normalized spacial score (nSPS) is 13.7. The van der Waals surface area contributed by atoms with E-state index < -0.39 is 0 Å². The molecule has 4 aromatic rings. The Balaban J connectivity index is 1.35. The minimum Gasteiger partial charge on any atom is -0.508 e. The Hall–Kier alpha value is -4.10. The molecule has 0 radical (unpaired) electrons. The Morgan fingerprint density at radius 2 is 1.71 bits per heavy atom. The van der Waals surface area contributed by atoms with Crippen LogP contribution in [0.1, 0.15) is 22.2 Å². The van der Waals surface area contributed by atoms with Crippen molar-refractivity contribution in [2.75, 3.05) is 13.1 Å². The van der Waals surface area contributed by atoms with Crippen LogP contribution in [0.4, 0.5) is 0 Å². The maximum atomic E-state index is 13.3. The second kappa shape index (κ2) is 9.64. The highest BCUT2D eigenvalue weighted by Gasteiger charge is 2.31. The maximum absolute atomic E-state index is 13.3. The summed E-state index contributed by atoms with van der Waals surface area (Å²) in [6.45, 7) is 2.93. The van der Waals surface area contributed by atoms with E-state index in [1.807, 2.05) is 37.3 Å². The lowest BCUT2D eigenvalue weighted by Gasteiger charge is -2.38. The fraction of sp³-hybridized carbons (Fsp3) is 0.143. The molecular weight excluding hydrogens is 462 g/mol. The summed E-state index contributed by atoms with van der Waals surface area (Å²) in [5.74, 6) is 1.69. The first-order valence-corrected chi connectivity index (χ1v) is 12.0. The molecule has 0 atom stereocenters. The lowest BCUT2D eigenvalue weighted by molar-refractivity contribution is -0.134. The van der Waals surface area contributed by atoms with Gasteiger partial charge in [0.05, 0.1) is 13.1 Å². The highest BCUT2D eigenvalue weighted by atomic mass is 32.1. The Bertz CT molecular complexity index is 1400. The average molecular weight is 486 g/mol. The summed E-state index contributed by atoms with van der Waals surface area (Å²) in [5.41, 5.74) is 0.569. The van der Waals surface area contributed by atoms with Gasteiger partial charge in [0, 0.05) is 15.6 Å². The van der Waals surface area contributed by atoms with E-state index >= 15 is 0 Å². The molecule has 7 heteroatoms. The van der Waals surface area contributed by atoms with Crippen molar-refractivity contribution >= 4 is 33.1 Å². The van der Waals surface area contributed by atoms with Gasteiger partial charge in [0.2, 0.25) is 11.7 Å². The number of aromatic hydroxyl groups is 1. The third-order valence-corrected chi connectivity index (χ3v) is 6.82. The number of amides is 1. The van der Waals surface area contributed by atoms with E-state index in [2.05, 4.69) is 0 Å². The molecule has 1 amide bonds. The molecule has 5 rings (SSSR count). The zero-order chi connectivity index (χ0) is 24.4. The van der Waals surface area contributed by atoms with E-state index in [1.54, 1.807) is 59.5 Å². The van der Waals surface area contributed by atoms with Gasteiger partial charge in [-0.2, -0.15) is 0 Å². The Kier molecular flexibility index (Phi) is 6.25. The standard InChI is InChI=1S/C28H23NO5S/c1-2-6-25(31)29-16-22(17-29)33-20-10-12-21(13-11-20)34-27-23-14-9-19(30)15-24(23)35-28(27)26(32)18-7-4-3-5-8-18/h2-15,22,30H,16-17H2,1H3/b6-2+. The van der Waals surface area contributed by atoms with Crippen molar-refractivity contribution in [3.63, 3.8) is 0 Å². The quantitative estimate of drug-likeness (QED) is 0.265. The van der Waals surface area contributed by atoms with Crippen molar-refractivity contribution in [2.24, 2.45) is 0 Å². The topological polar surface area (TPSA) is 76.1 Å². The van der Waals surface area contributed by atoms with E-state index in [0.29, 0.717) is 40.8 Å². The van der Waals surface area contributed by atoms with Crippen molar-refractivity contribution in [2.45, 2.75) is 13.0 Å². The zero-order valence-corrected chi connectivity index (χ0v) is 19.8. The number of rotatable bonds is 7. The highest BCUT2D eigenvalue weighted by Crippen LogP contribution is 2.42. The summed E-state index contributed by atoms with van der Waals surface area (Å²) in [4.78, 5) is 27.3. The van der Waals surface area contributed by atoms with E-state index in [9.17, 15) is 14.7 Å². The molecular formula is C28H23NO5S. The van der Waals surface area contributed by atoms with Crippen LogP contribution in [-0.4, -0.2) is 40.9 Å². The van der Waals surface area contributed by atoms with Crippen LogP contribution in [0.25, 0.3) is 10.1 Å². The minimum absolute atomic E-state index is 0.00624. The van der Waals surface area contributed by atoms with Crippen molar-refractivity contribution in [1.29, 1.82) is 0 Å². The molecule has 0 aliphatic carbocycles. The molecule has 0 unspecified atom stereocenters. The summed E-state index contributed by atoms with van der Waals surface area (Å²) in [6.07, 6.45) is 3.24. The SMILES string of the molecule is C/C=C/C(=O)N1CC(Oc2ccc(Oc3c(C(=O)c4ccccc4)sc4cc(O)ccc34)cc2)C1. The number of allylic oxidation sites excluding steroid dienone is 1. The first kappa shape index (κ1) is 22.7. The van der Waals surface area contributed by atoms with E-state index in [-0.39, 0.29) is 23.5 Å². The van der Waals surface area contributed by atoms with Crippen LogP contribution in [0.2, 0.25) is 0 Å². The lowest BCUT2D eigenvalue weighted by atomic mass is 10.1. The molecule has 1 saturated heterocycles. The second-order valence-electron chi connectivity index (χ2n) is 8.19. The van der Waals surface area contributed by atoms with Gasteiger partial charge in [-0.3, -0.25) is 9.59 Å². The number of carbonyl (C=O) groups excluding carboxylic acids is 2. The number of hydrogen-bond acceptors (Lipinski definition) is 6. The molecule has 3 aromatic carbocycles. The maximum Gasteiger partial charge on any atom is 0.246 e. The van der Waals surface area contributed by atoms with Gasteiger partial charge in [0.15, 0.2) is 5.75 Å². The van der Waals surface area contributed by atoms with E-state index in [1.165, 1.54) is 11.3 Å². The molecule has 6 nitrogen and oxygen atoms in total. The first-order valence-electron chi connectivity index (χ1n) is 11.2. The third kappa shape index (κ3) is 4.76. The van der Waals surface area contributed by atoms with Gasteiger partial charge in [-0.15, -0.1) is 11.3 Å². The predicted octanol–water partition coefficient (Wildman–Crippen LogP) is 5.80. The molecule has 1 N–H and O–H groups in total. The van der Waals surface area contributed by atoms with E-state index in [4.69, 9.17) is 9.47 Å². The van der Waals surface area contributed by atoms with Crippen LogP contribution in [-0.2, 0) is 4.79 Å². The van der Waals surface area contributed by atoms with Gasteiger partial charge in [0.25, 0.3) is 0 Å². The number of ketones is 1. The van der Waals surface area contributed by atoms with Crippen LogP contribution in [0.5, 0.6) is 23.0 Å². The summed E-state index contributed by atoms with van der Waals surface area (Å²) >= 11 is 1.29. The van der Waals surface area contributed by atoms with Crippen LogP contribution in [0.15, 0.2) is 84.9 Å². The molecule has 1 aromatic heterocycles. The Labute approximate surface area is 206 Å². The summed E-state index contributed by atoms with van der Waals surface area (Å²) < 4.78 is 12.9. The number of benzene rings is 3. The molecule has 176 valence electrons. The van der Waals surface area contributed by atoms with Crippen molar-refractivity contribution in [1.82, 2.24) is 4.90 Å². The Morgan fingerprint density at radius 1 is 1.00 bits per heavy atom. The number of phenolic OH excluding ortho intramolecular Hbond substituents is 1. The van der Waals surface area contributed by atoms with Crippen LogP contribution < -0.4 is 9.47 Å². The number of fused-ring (bicyclic) bond motifs is 1. The monoisotopic (exact) mass is 485 g/mol. The molecule has 35 heavy (non-hydrogen) atoms. The van der Waals surface area contributed by atoms with Crippen molar-refractivity contribution < 1.29 is 24.2 Å². The summed E-state index contributed by atoms with van der Waals surface area (Å²) in [7, 11) is 0. The van der Waals surface area contributed by atoms with Gasteiger partial charge in [0.1, 0.15) is 28.2 Å². The van der Waals surface area contributed by atoms with Crippen LogP contribution >= 0.6 is 11.3 Å². The predicted molar refractivity (Wildman–Crippen MR) is 136 cm³/mol.